The minimum atomic E-state index is -0.151. The fourth-order valence-corrected chi connectivity index (χ4v) is 3.19. The molecule has 0 radical (unpaired) electrons. The van der Waals surface area contributed by atoms with Gasteiger partial charge in [-0.2, -0.15) is 0 Å². The number of hydrogen-bond acceptors (Lipinski definition) is 4. The molecule has 0 saturated carbocycles. The van der Waals surface area contributed by atoms with Crippen molar-refractivity contribution in [1.29, 1.82) is 0 Å². The standard InChI is InChI=1S/C20H23NO4/c1-23-13-19(22)21-17-7-3-5-14(11-17)9-15-10-16-6-4-8-18(24-2)20(16)25-12-15/h3-8,11,15H,9-10,12-13H2,1-2H3,(H,21,22)/t15-/m1/s1. The van der Waals surface area contributed by atoms with Crippen molar-refractivity contribution in [1.82, 2.24) is 0 Å². The van der Waals surface area contributed by atoms with E-state index in [1.165, 1.54) is 18.2 Å². The van der Waals surface area contributed by atoms with Gasteiger partial charge in [0.2, 0.25) is 5.91 Å². The van der Waals surface area contributed by atoms with Gasteiger partial charge < -0.3 is 19.5 Å². The number of anilines is 1. The van der Waals surface area contributed by atoms with Gasteiger partial charge in [-0.15, -0.1) is 0 Å². The van der Waals surface area contributed by atoms with Gasteiger partial charge in [-0.05, 0) is 42.2 Å². The van der Waals surface area contributed by atoms with Crippen molar-refractivity contribution in [3.05, 3.63) is 53.6 Å². The molecule has 0 aliphatic carbocycles. The van der Waals surface area contributed by atoms with Crippen molar-refractivity contribution in [2.45, 2.75) is 12.8 Å². The summed E-state index contributed by atoms with van der Waals surface area (Å²) in [6.45, 7) is 0.715. The van der Waals surface area contributed by atoms with Crippen LogP contribution in [0.3, 0.4) is 0 Å². The van der Waals surface area contributed by atoms with E-state index in [0.29, 0.717) is 12.5 Å². The Morgan fingerprint density at radius 2 is 2.08 bits per heavy atom. The van der Waals surface area contributed by atoms with Crippen LogP contribution in [0.25, 0.3) is 0 Å². The van der Waals surface area contributed by atoms with Gasteiger partial charge >= 0.3 is 0 Å². The first-order valence-electron chi connectivity index (χ1n) is 8.36. The van der Waals surface area contributed by atoms with Crippen LogP contribution < -0.4 is 14.8 Å². The van der Waals surface area contributed by atoms with E-state index in [9.17, 15) is 4.79 Å². The second kappa shape index (κ2) is 8.03. The van der Waals surface area contributed by atoms with Gasteiger partial charge in [-0.25, -0.2) is 0 Å². The smallest absolute Gasteiger partial charge is 0.250 e. The first kappa shape index (κ1) is 17.3. The molecule has 0 spiro atoms. The van der Waals surface area contributed by atoms with E-state index < -0.39 is 0 Å². The molecule has 132 valence electrons. The minimum Gasteiger partial charge on any atom is -0.493 e. The van der Waals surface area contributed by atoms with Crippen molar-refractivity contribution in [2.75, 3.05) is 32.8 Å². The van der Waals surface area contributed by atoms with Gasteiger partial charge in [-0.3, -0.25) is 4.79 Å². The van der Waals surface area contributed by atoms with Crippen LogP contribution in [0.5, 0.6) is 11.5 Å². The summed E-state index contributed by atoms with van der Waals surface area (Å²) >= 11 is 0. The molecule has 1 aliphatic rings. The van der Waals surface area contributed by atoms with Crippen LogP contribution in [-0.4, -0.2) is 33.3 Å². The average molecular weight is 341 g/mol. The summed E-state index contributed by atoms with van der Waals surface area (Å²) in [6.07, 6.45) is 1.84. The molecule has 0 fully saturated rings. The topological polar surface area (TPSA) is 56.8 Å². The van der Waals surface area contributed by atoms with Crippen molar-refractivity contribution < 1.29 is 19.0 Å². The minimum absolute atomic E-state index is 0.0549. The third-order valence-corrected chi connectivity index (χ3v) is 4.26. The summed E-state index contributed by atoms with van der Waals surface area (Å²) in [7, 11) is 3.17. The lowest BCUT2D eigenvalue weighted by Gasteiger charge is -2.26. The number of amides is 1. The Morgan fingerprint density at radius 3 is 2.88 bits per heavy atom. The van der Waals surface area contributed by atoms with E-state index in [1.54, 1.807) is 7.11 Å². The Balaban J connectivity index is 1.66. The molecule has 25 heavy (non-hydrogen) atoms. The summed E-state index contributed by atoms with van der Waals surface area (Å²) in [6, 6.07) is 13.9. The SMILES string of the molecule is COCC(=O)Nc1cccc(C[C@H]2COc3c(cccc3OC)C2)c1. The quantitative estimate of drug-likeness (QED) is 0.877. The Hall–Kier alpha value is -2.53. The predicted molar refractivity (Wildman–Crippen MR) is 96.3 cm³/mol. The fourth-order valence-electron chi connectivity index (χ4n) is 3.19. The molecule has 1 amide bonds. The summed E-state index contributed by atoms with van der Waals surface area (Å²) < 4.78 is 16.1. The van der Waals surface area contributed by atoms with Crippen molar-refractivity contribution >= 4 is 11.6 Å². The molecular formula is C20H23NO4. The highest BCUT2D eigenvalue weighted by Gasteiger charge is 2.22. The molecule has 5 heteroatoms. The summed E-state index contributed by atoms with van der Waals surface area (Å²) in [5.74, 6) is 1.90. The summed E-state index contributed by atoms with van der Waals surface area (Å²) in [5.41, 5.74) is 3.15. The molecule has 1 aliphatic heterocycles. The number of carbonyl (C=O) groups is 1. The molecule has 3 rings (SSSR count). The maximum absolute atomic E-state index is 11.6. The molecule has 2 aromatic rings. The van der Waals surface area contributed by atoms with E-state index in [2.05, 4.69) is 17.4 Å². The van der Waals surface area contributed by atoms with Crippen molar-refractivity contribution in [3.63, 3.8) is 0 Å². The lowest BCUT2D eigenvalue weighted by atomic mass is 9.90. The average Bonchev–Trinajstić information content (AvgIpc) is 2.61. The lowest BCUT2D eigenvalue weighted by Crippen LogP contribution is -2.23. The fraction of sp³-hybridized carbons (Fsp3) is 0.350. The third kappa shape index (κ3) is 4.31. The van der Waals surface area contributed by atoms with Crippen LogP contribution in [0.2, 0.25) is 0 Å². The van der Waals surface area contributed by atoms with E-state index in [0.717, 1.165) is 30.0 Å². The molecule has 2 aromatic carbocycles. The van der Waals surface area contributed by atoms with E-state index >= 15 is 0 Å². The number of nitrogens with one attached hydrogen (secondary N) is 1. The second-order valence-corrected chi connectivity index (χ2v) is 6.22. The van der Waals surface area contributed by atoms with Crippen LogP contribution >= 0.6 is 0 Å². The Kier molecular flexibility index (Phi) is 5.56. The zero-order valence-electron chi connectivity index (χ0n) is 14.6. The van der Waals surface area contributed by atoms with Gasteiger partial charge in [0.25, 0.3) is 0 Å². The molecule has 0 bridgehead atoms. The molecule has 0 unspecified atom stereocenters. The molecule has 1 N–H and O–H groups in total. The van der Waals surface area contributed by atoms with Crippen LogP contribution in [0.15, 0.2) is 42.5 Å². The number of methoxy groups -OCH3 is 2. The van der Waals surface area contributed by atoms with Gasteiger partial charge in [0.1, 0.15) is 6.61 Å². The third-order valence-electron chi connectivity index (χ3n) is 4.26. The monoisotopic (exact) mass is 341 g/mol. The highest BCUT2D eigenvalue weighted by molar-refractivity contribution is 5.91. The van der Waals surface area contributed by atoms with Gasteiger partial charge in [-0.1, -0.05) is 24.3 Å². The lowest BCUT2D eigenvalue weighted by molar-refractivity contribution is -0.119. The van der Waals surface area contributed by atoms with Gasteiger partial charge in [0, 0.05) is 18.7 Å². The number of carbonyl (C=O) groups excluding carboxylic acids is 1. The van der Waals surface area contributed by atoms with Crippen LogP contribution in [0.1, 0.15) is 11.1 Å². The van der Waals surface area contributed by atoms with E-state index in [1.807, 2.05) is 30.3 Å². The zero-order valence-corrected chi connectivity index (χ0v) is 14.6. The number of para-hydroxylation sites is 1. The Bertz CT molecular complexity index is 744. The predicted octanol–water partition coefficient (Wildman–Crippen LogP) is 3.07. The molecule has 0 aromatic heterocycles. The van der Waals surface area contributed by atoms with Crippen LogP contribution in [-0.2, 0) is 22.4 Å². The highest BCUT2D eigenvalue weighted by Crippen LogP contribution is 2.36. The van der Waals surface area contributed by atoms with Crippen molar-refractivity contribution in [2.24, 2.45) is 5.92 Å². The summed E-state index contributed by atoms with van der Waals surface area (Å²) in [4.78, 5) is 11.6. The first-order valence-corrected chi connectivity index (χ1v) is 8.36. The van der Waals surface area contributed by atoms with Crippen molar-refractivity contribution in [3.8, 4) is 11.5 Å². The zero-order chi connectivity index (χ0) is 17.6. The van der Waals surface area contributed by atoms with Gasteiger partial charge in [0.15, 0.2) is 11.5 Å². The highest BCUT2D eigenvalue weighted by atomic mass is 16.5. The van der Waals surface area contributed by atoms with Gasteiger partial charge in [0.05, 0.1) is 13.7 Å². The molecule has 0 saturated heterocycles. The normalized spacial score (nSPS) is 15.8. The Labute approximate surface area is 147 Å². The molecule has 1 atom stereocenters. The second-order valence-electron chi connectivity index (χ2n) is 6.22. The molecular weight excluding hydrogens is 318 g/mol. The Morgan fingerprint density at radius 1 is 1.24 bits per heavy atom. The summed E-state index contributed by atoms with van der Waals surface area (Å²) in [5, 5.41) is 2.84. The van der Waals surface area contributed by atoms with Crippen LogP contribution in [0.4, 0.5) is 5.69 Å². The van der Waals surface area contributed by atoms with E-state index in [-0.39, 0.29) is 12.5 Å². The maximum Gasteiger partial charge on any atom is 0.250 e. The molecule has 1 heterocycles. The maximum atomic E-state index is 11.6. The number of rotatable bonds is 6. The number of hydrogen-bond donors (Lipinski definition) is 1. The van der Waals surface area contributed by atoms with Crippen LogP contribution in [0, 0.1) is 5.92 Å². The largest absolute Gasteiger partial charge is 0.493 e. The molecule has 5 nitrogen and oxygen atoms in total. The van der Waals surface area contributed by atoms with E-state index in [4.69, 9.17) is 14.2 Å². The number of fused-ring (bicyclic) bond motifs is 1. The number of benzene rings is 2. The number of ether oxygens (including phenoxy) is 3. The first-order chi connectivity index (χ1) is 12.2.